The molecular formula is C17H21N3O2S2. The molecule has 2 aromatic carbocycles. The maximum atomic E-state index is 11.4. The highest BCUT2D eigenvalue weighted by atomic mass is 32.2. The molecule has 7 heteroatoms. The molecule has 2 rings (SSSR count). The molecule has 5 nitrogen and oxygen atoms in total. The predicted octanol–water partition coefficient (Wildman–Crippen LogP) is 2.64. The maximum Gasteiger partial charge on any atom is 0.175 e. The van der Waals surface area contributed by atoms with E-state index < -0.39 is 9.84 Å². The van der Waals surface area contributed by atoms with E-state index in [1.807, 2.05) is 43.3 Å². The number of thiocarbonyl (C=S) groups is 1. The van der Waals surface area contributed by atoms with E-state index >= 15 is 0 Å². The zero-order chi connectivity index (χ0) is 17.7. The Hall–Kier alpha value is -2.12. The van der Waals surface area contributed by atoms with E-state index in [9.17, 15) is 8.42 Å². The number of hydrogen-bond acceptors (Lipinski definition) is 4. The van der Waals surface area contributed by atoms with Crippen LogP contribution in [0.3, 0.4) is 0 Å². The molecule has 0 spiro atoms. The highest BCUT2D eigenvalue weighted by molar-refractivity contribution is 7.90. The molecule has 0 radical (unpaired) electrons. The molecule has 0 unspecified atom stereocenters. The first-order valence-electron chi connectivity index (χ1n) is 7.37. The fraction of sp³-hybridized carbons (Fsp3) is 0.235. The third kappa shape index (κ3) is 5.21. The van der Waals surface area contributed by atoms with Crippen molar-refractivity contribution in [2.45, 2.75) is 11.4 Å². The van der Waals surface area contributed by atoms with E-state index in [0.717, 1.165) is 16.9 Å². The molecule has 0 bridgehead atoms. The van der Waals surface area contributed by atoms with Crippen molar-refractivity contribution in [3.8, 4) is 0 Å². The number of sulfone groups is 1. The fourth-order valence-electron chi connectivity index (χ4n) is 2.06. The second-order valence-electron chi connectivity index (χ2n) is 5.67. The minimum atomic E-state index is -3.16. The summed E-state index contributed by atoms with van der Waals surface area (Å²) in [6.45, 7) is 0.520. The Labute approximate surface area is 148 Å². The molecule has 24 heavy (non-hydrogen) atoms. The Bertz CT molecular complexity index is 799. The molecule has 0 aromatic heterocycles. The van der Waals surface area contributed by atoms with Gasteiger partial charge >= 0.3 is 0 Å². The number of nitrogens with one attached hydrogen (secondary N) is 2. The molecule has 0 saturated carbocycles. The predicted molar refractivity (Wildman–Crippen MR) is 103 cm³/mol. The van der Waals surface area contributed by atoms with Crippen LogP contribution in [0, 0.1) is 0 Å². The number of nitrogens with zero attached hydrogens (tertiary/aromatic N) is 1. The van der Waals surface area contributed by atoms with Crippen molar-refractivity contribution in [2.24, 2.45) is 0 Å². The van der Waals surface area contributed by atoms with E-state index in [4.69, 9.17) is 12.2 Å². The van der Waals surface area contributed by atoms with E-state index in [2.05, 4.69) is 10.6 Å². The van der Waals surface area contributed by atoms with Crippen LogP contribution in [0.15, 0.2) is 53.4 Å². The van der Waals surface area contributed by atoms with Crippen molar-refractivity contribution in [3.63, 3.8) is 0 Å². The smallest absolute Gasteiger partial charge is 0.175 e. The summed E-state index contributed by atoms with van der Waals surface area (Å²) in [6.07, 6.45) is 1.20. The molecule has 0 atom stereocenters. The molecule has 0 aliphatic carbocycles. The number of benzene rings is 2. The molecule has 0 heterocycles. The van der Waals surface area contributed by atoms with Crippen LogP contribution >= 0.6 is 12.2 Å². The summed E-state index contributed by atoms with van der Waals surface area (Å²) < 4.78 is 22.9. The van der Waals surface area contributed by atoms with Gasteiger partial charge in [0.25, 0.3) is 0 Å². The van der Waals surface area contributed by atoms with Crippen LogP contribution < -0.4 is 15.5 Å². The van der Waals surface area contributed by atoms with Gasteiger partial charge in [-0.05, 0) is 54.2 Å². The lowest BCUT2D eigenvalue weighted by Crippen LogP contribution is -2.27. The number of rotatable bonds is 5. The van der Waals surface area contributed by atoms with Crippen molar-refractivity contribution in [3.05, 3.63) is 54.1 Å². The van der Waals surface area contributed by atoms with E-state index in [-0.39, 0.29) is 0 Å². The van der Waals surface area contributed by atoms with Gasteiger partial charge in [0.15, 0.2) is 14.9 Å². The topological polar surface area (TPSA) is 61.4 Å². The minimum absolute atomic E-state index is 0.313. The van der Waals surface area contributed by atoms with Gasteiger partial charge in [0.05, 0.1) is 4.90 Å². The van der Waals surface area contributed by atoms with E-state index in [1.165, 1.54) is 6.26 Å². The van der Waals surface area contributed by atoms with Crippen molar-refractivity contribution in [1.29, 1.82) is 0 Å². The Kier molecular flexibility index (Phi) is 5.80. The number of hydrogen-bond donors (Lipinski definition) is 2. The van der Waals surface area contributed by atoms with Crippen molar-refractivity contribution in [2.75, 3.05) is 30.6 Å². The van der Waals surface area contributed by atoms with Gasteiger partial charge in [-0.1, -0.05) is 12.1 Å². The zero-order valence-electron chi connectivity index (χ0n) is 13.9. The fourth-order valence-corrected chi connectivity index (χ4v) is 2.88. The second kappa shape index (κ2) is 7.63. The zero-order valence-corrected chi connectivity index (χ0v) is 15.5. The van der Waals surface area contributed by atoms with Gasteiger partial charge < -0.3 is 15.5 Å². The standard InChI is InChI=1S/C17H21N3O2S2/c1-20(2)15-8-6-14(7-9-15)19-17(23)18-12-13-4-10-16(11-5-13)24(3,21)22/h4-11H,12H2,1-3H3,(H2,18,19,23). The lowest BCUT2D eigenvalue weighted by atomic mass is 10.2. The van der Waals surface area contributed by atoms with Crippen LogP contribution in [0.2, 0.25) is 0 Å². The molecule has 0 aliphatic heterocycles. The molecule has 0 aliphatic rings. The summed E-state index contributed by atoms with van der Waals surface area (Å²) in [6, 6.07) is 14.7. The average Bonchev–Trinajstić information content (AvgIpc) is 2.53. The quantitative estimate of drug-likeness (QED) is 0.797. The van der Waals surface area contributed by atoms with Crippen LogP contribution in [0.25, 0.3) is 0 Å². The number of anilines is 2. The van der Waals surface area contributed by atoms with Crippen LogP contribution in [0.4, 0.5) is 11.4 Å². The summed E-state index contributed by atoms with van der Waals surface area (Å²) >= 11 is 5.28. The molecular weight excluding hydrogens is 342 g/mol. The molecule has 2 N–H and O–H groups in total. The van der Waals surface area contributed by atoms with Gasteiger partial charge in [0.1, 0.15) is 0 Å². The molecule has 0 saturated heterocycles. The molecule has 128 valence electrons. The van der Waals surface area contributed by atoms with Gasteiger partial charge in [-0.25, -0.2) is 8.42 Å². The normalized spacial score (nSPS) is 11.0. The highest BCUT2D eigenvalue weighted by Gasteiger charge is 2.06. The van der Waals surface area contributed by atoms with Crippen LogP contribution in [-0.2, 0) is 16.4 Å². The summed E-state index contributed by atoms with van der Waals surface area (Å²) in [5.74, 6) is 0. The van der Waals surface area contributed by atoms with Crippen molar-refractivity contribution < 1.29 is 8.42 Å². The first-order chi connectivity index (χ1) is 11.3. The Morgan fingerprint density at radius 2 is 1.62 bits per heavy atom. The Morgan fingerprint density at radius 1 is 1.04 bits per heavy atom. The Morgan fingerprint density at radius 3 is 2.12 bits per heavy atom. The van der Waals surface area contributed by atoms with Crippen LogP contribution in [0.5, 0.6) is 0 Å². The van der Waals surface area contributed by atoms with Crippen LogP contribution in [0.1, 0.15) is 5.56 Å². The highest BCUT2D eigenvalue weighted by Crippen LogP contribution is 2.15. The summed E-state index contributed by atoms with van der Waals surface area (Å²) in [5.41, 5.74) is 2.98. The van der Waals surface area contributed by atoms with Gasteiger partial charge in [-0.15, -0.1) is 0 Å². The SMILES string of the molecule is CN(C)c1ccc(NC(=S)NCc2ccc(S(C)(=O)=O)cc2)cc1. The Balaban J connectivity index is 1.89. The lowest BCUT2D eigenvalue weighted by molar-refractivity contribution is 0.602. The van der Waals surface area contributed by atoms with Gasteiger partial charge in [-0.3, -0.25) is 0 Å². The first-order valence-corrected chi connectivity index (χ1v) is 9.67. The van der Waals surface area contributed by atoms with Gasteiger partial charge in [0, 0.05) is 38.3 Å². The van der Waals surface area contributed by atoms with E-state index in [1.54, 1.807) is 24.3 Å². The maximum absolute atomic E-state index is 11.4. The summed E-state index contributed by atoms with van der Waals surface area (Å²) in [7, 11) is 0.816. The third-order valence-electron chi connectivity index (χ3n) is 3.45. The first kappa shape index (κ1) is 18.2. The van der Waals surface area contributed by atoms with Crippen molar-refractivity contribution in [1.82, 2.24) is 5.32 Å². The van der Waals surface area contributed by atoms with Crippen molar-refractivity contribution >= 4 is 38.5 Å². The van der Waals surface area contributed by atoms with E-state index in [0.29, 0.717) is 16.6 Å². The monoisotopic (exact) mass is 363 g/mol. The second-order valence-corrected chi connectivity index (χ2v) is 8.09. The van der Waals surface area contributed by atoms with Crippen LogP contribution in [-0.4, -0.2) is 33.9 Å². The molecule has 0 amide bonds. The van der Waals surface area contributed by atoms with Gasteiger partial charge in [-0.2, -0.15) is 0 Å². The summed E-state index contributed by atoms with van der Waals surface area (Å²) in [5, 5.41) is 6.74. The minimum Gasteiger partial charge on any atom is -0.378 e. The summed E-state index contributed by atoms with van der Waals surface area (Å²) in [4.78, 5) is 2.34. The lowest BCUT2D eigenvalue weighted by Gasteiger charge is -2.14. The van der Waals surface area contributed by atoms with Gasteiger partial charge in [0.2, 0.25) is 0 Å². The molecule has 2 aromatic rings. The molecule has 0 fully saturated rings. The third-order valence-corrected chi connectivity index (χ3v) is 4.82. The average molecular weight is 364 g/mol. The largest absolute Gasteiger partial charge is 0.378 e.